The Morgan fingerprint density at radius 1 is 1.27 bits per heavy atom. The van der Waals surface area contributed by atoms with E-state index in [9.17, 15) is 4.79 Å². The molecule has 2 aromatic rings. The number of carbonyl (C=O) groups excluding carboxylic acids is 1. The van der Waals surface area contributed by atoms with E-state index >= 15 is 0 Å². The van der Waals surface area contributed by atoms with Crippen LogP contribution in [0.4, 0.5) is 4.79 Å². The van der Waals surface area contributed by atoms with Crippen molar-refractivity contribution in [3.63, 3.8) is 0 Å². The highest BCUT2D eigenvalue weighted by Gasteiger charge is 2.17. The number of nitrogens with zero attached hydrogens (tertiary/aromatic N) is 2. The van der Waals surface area contributed by atoms with Crippen LogP contribution < -0.4 is 5.32 Å². The number of thiophene rings is 2. The van der Waals surface area contributed by atoms with Gasteiger partial charge in [0, 0.05) is 23.3 Å². The van der Waals surface area contributed by atoms with Crippen LogP contribution in [0, 0.1) is 6.92 Å². The number of urea groups is 1. The van der Waals surface area contributed by atoms with Crippen LogP contribution in [-0.2, 0) is 6.54 Å². The molecular weight excluding hydrogens is 314 g/mol. The molecule has 0 saturated heterocycles. The van der Waals surface area contributed by atoms with E-state index in [0.29, 0.717) is 13.1 Å². The summed E-state index contributed by atoms with van der Waals surface area (Å²) < 4.78 is 0. The number of rotatable bonds is 6. The van der Waals surface area contributed by atoms with Crippen LogP contribution in [-0.4, -0.2) is 43.5 Å². The van der Waals surface area contributed by atoms with E-state index in [-0.39, 0.29) is 12.1 Å². The highest BCUT2D eigenvalue weighted by Crippen LogP contribution is 2.20. The third kappa shape index (κ3) is 4.56. The van der Waals surface area contributed by atoms with Crippen LogP contribution >= 0.6 is 22.7 Å². The summed E-state index contributed by atoms with van der Waals surface area (Å²) in [5.41, 5.74) is 1.24. The second-order valence-corrected chi connectivity index (χ2v) is 7.74. The minimum absolute atomic E-state index is 0.0341. The lowest BCUT2D eigenvalue weighted by Gasteiger charge is -2.25. The van der Waals surface area contributed by atoms with Crippen LogP contribution in [0.1, 0.15) is 21.4 Å². The molecule has 22 heavy (non-hydrogen) atoms. The van der Waals surface area contributed by atoms with Gasteiger partial charge in [-0.3, -0.25) is 0 Å². The maximum Gasteiger partial charge on any atom is 0.317 e. The van der Waals surface area contributed by atoms with Gasteiger partial charge in [-0.15, -0.1) is 11.3 Å². The molecule has 0 aliphatic rings. The van der Waals surface area contributed by atoms with E-state index < -0.39 is 0 Å². The van der Waals surface area contributed by atoms with E-state index in [4.69, 9.17) is 0 Å². The average molecular weight is 338 g/mol. The van der Waals surface area contributed by atoms with Crippen LogP contribution in [0.2, 0.25) is 0 Å². The first-order chi connectivity index (χ1) is 10.5. The molecule has 0 aliphatic carbocycles. The number of carbonyl (C=O) groups is 1. The van der Waals surface area contributed by atoms with E-state index in [1.54, 1.807) is 27.6 Å². The predicted molar refractivity (Wildman–Crippen MR) is 94.7 cm³/mol. The minimum atomic E-state index is -0.0341. The van der Waals surface area contributed by atoms with Gasteiger partial charge < -0.3 is 15.1 Å². The highest BCUT2D eigenvalue weighted by molar-refractivity contribution is 7.11. The van der Waals surface area contributed by atoms with Crippen LogP contribution in [0.3, 0.4) is 0 Å². The van der Waals surface area contributed by atoms with Crippen LogP contribution in [0.5, 0.6) is 0 Å². The third-order valence-electron chi connectivity index (χ3n) is 3.53. The summed E-state index contributed by atoms with van der Waals surface area (Å²) in [7, 11) is 5.90. The van der Waals surface area contributed by atoms with Crippen molar-refractivity contribution in [1.82, 2.24) is 15.1 Å². The average Bonchev–Trinajstić information content (AvgIpc) is 3.10. The Kier molecular flexibility index (Phi) is 5.99. The molecule has 0 aromatic carbocycles. The van der Waals surface area contributed by atoms with E-state index in [1.807, 2.05) is 21.1 Å². The Morgan fingerprint density at radius 3 is 2.59 bits per heavy atom. The van der Waals surface area contributed by atoms with Gasteiger partial charge in [0.05, 0.1) is 12.6 Å². The van der Waals surface area contributed by atoms with E-state index in [2.05, 4.69) is 46.1 Å². The first-order valence-corrected chi connectivity index (χ1v) is 8.96. The van der Waals surface area contributed by atoms with E-state index in [1.165, 1.54) is 15.3 Å². The second kappa shape index (κ2) is 7.76. The van der Waals surface area contributed by atoms with Crippen LogP contribution in [0.25, 0.3) is 0 Å². The van der Waals surface area contributed by atoms with Gasteiger partial charge in [-0.2, -0.15) is 11.3 Å². The fourth-order valence-corrected chi connectivity index (χ4v) is 3.91. The first-order valence-electron chi connectivity index (χ1n) is 7.20. The summed E-state index contributed by atoms with van der Waals surface area (Å²) in [6, 6.07) is 6.45. The highest BCUT2D eigenvalue weighted by atomic mass is 32.1. The third-order valence-corrected chi connectivity index (χ3v) is 5.22. The van der Waals surface area contributed by atoms with Gasteiger partial charge in [-0.25, -0.2) is 4.79 Å². The molecule has 0 unspecified atom stereocenters. The smallest absolute Gasteiger partial charge is 0.317 e. The van der Waals surface area contributed by atoms with Gasteiger partial charge in [0.2, 0.25) is 0 Å². The standard InChI is InChI=1S/C16H23N3OS2/c1-12-5-6-14(22-12)10-19(4)16(20)17-9-15(18(2)3)13-7-8-21-11-13/h5-8,11,15H,9-10H2,1-4H3,(H,17,20)/t15-/m1/s1. The SMILES string of the molecule is Cc1ccc(CN(C)C(=O)NC[C@H](c2ccsc2)N(C)C)s1. The first kappa shape index (κ1) is 17.0. The number of aryl methyl sites for hydroxylation is 1. The van der Waals surface area contributed by atoms with Gasteiger partial charge in [-0.05, 0) is 55.5 Å². The van der Waals surface area contributed by atoms with Crippen molar-refractivity contribution in [3.8, 4) is 0 Å². The molecule has 2 rings (SSSR count). The Hall–Kier alpha value is -1.37. The molecule has 0 spiro atoms. The van der Waals surface area contributed by atoms with Gasteiger partial charge in [0.25, 0.3) is 0 Å². The lowest BCUT2D eigenvalue weighted by molar-refractivity contribution is 0.201. The molecule has 1 atom stereocenters. The molecule has 4 nitrogen and oxygen atoms in total. The zero-order valence-electron chi connectivity index (χ0n) is 13.5. The van der Waals surface area contributed by atoms with Crippen molar-refractivity contribution in [3.05, 3.63) is 44.3 Å². The number of likely N-dealkylation sites (N-methyl/N-ethyl adjacent to an activating group) is 1. The largest absolute Gasteiger partial charge is 0.336 e. The molecule has 6 heteroatoms. The summed E-state index contributed by atoms with van der Waals surface area (Å²) in [5, 5.41) is 7.24. The van der Waals surface area contributed by atoms with Crippen molar-refractivity contribution in [1.29, 1.82) is 0 Å². The molecule has 2 aromatic heterocycles. The minimum Gasteiger partial charge on any atom is -0.336 e. The Bertz CT molecular complexity index is 592. The summed E-state index contributed by atoms with van der Waals surface area (Å²) in [5.74, 6) is 0. The number of amides is 2. The Balaban J connectivity index is 1.88. The monoisotopic (exact) mass is 337 g/mol. The molecule has 0 saturated carbocycles. The number of nitrogens with one attached hydrogen (secondary N) is 1. The quantitative estimate of drug-likeness (QED) is 0.875. The summed E-state index contributed by atoms with van der Waals surface area (Å²) in [6.45, 7) is 3.34. The Labute approximate surface area is 140 Å². The van der Waals surface area contributed by atoms with Crippen molar-refractivity contribution in [2.24, 2.45) is 0 Å². The molecule has 0 aliphatic heterocycles. The predicted octanol–water partition coefficient (Wildman–Crippen LogP) is 3.56. The number of hydrogen-bond donors (Lipinski definition) is 1. The summed E-state index contributed by atoms with van der Waals surface area (Å²) in [6.07, 6.45) is 0. The van der Waals surface area contributed by atoms with Gasteiger partial charge in [-0.1, -0.05) is 0 Å². The fourth-order valence-electron chi connectivity index (χ4n) is 2.26. The van der Waals surface area contributed by atoms with Gasteiger partial charge >= 0.3 is 6.03 Å². The summed E-state index contributed by atoms with van der Waals surface area (Å²) in [4.78, 5) is 18.6. The molecular formula is C16H23N3OS2. The normalized spacial score (nSPS) is 12.4. The summed E-state index contributed by atoms with van der Waals surface area (Å²) >= 11 is 3.41. The lowest BCUT2D eigenvalue weighted by atomic mass is 10.1. The molecule has 0 fully saturated rings. The zero-order chi connectivity index (χ0) is 16.1. The Morgan fingerprint density at radius 2 is 2.05 bits per heavy atom. The van der Waals surface area contributed by atoms with Crippen molar-refractivity contribution >= 4 is 28.7 Å². The molecule has 0 bridgehead atoms. The number of hydrogen-bond acceptors (Lipinski definition) is 4. The molecule has 0 radical (unpaired) electrons. The van der Waals surface area contributed by atoms with Crippen LogP contribution in [0.15, 0.2) is 29.0 Å². The molecule has 2 amide bonds. The zero-order valence-corrected chi connectivity index (χ0v) is 15.1. The van der Waals surface area contributed by atoms with E-state index in [0.717, 1.165) is 0 Å². The molecule has 1 N–H and O–H groups in total. The topological polar surface area (TPSA) is 35.6 Å². The second-order valence-electron chi connectivity index (χ2n) is 5.59. The maximum absolute atomic E-state index is 12.3. The van der Waals surface area contributed by atoms with Gasteiger partial charge in [0.1, 0.15) is 0 Å². The molecule has 120 valence electrons. The van der Waals surface area contributed by atoms with Crippen molar-refractivity contribution in [2.45, 2.75) is 19.5 Å². The van der Waals surface area contributed by atoms with Gasteiger partial charge in [0.15, 0.2) is 0 Å². The van der Waals surface area contributed by atoms with Crippen molar-refractivity contribution in [2.75, 3.05) is 27.7 Å². The fraction of sp³-hybridized carbons (Fsp3) is 0.438. The van der Waals surface area contributed by atoms with Crippen molar-refractivity contribution < 1.29 is 4.79 Å². The molecule has 2 heterocycles. The maximum atomic E-state index is 12.3. The lowest BCUT2D eigenvalue weighted by Crippen LogP contribution is -2.41.